The summed E-state index contributed by atoms with van der Waals surface area (Å²) >= 11 is 0. The van der Waals surface area contributed by atoms with Crippen LogP contribution in [0.1, 0.15) is 44.0 Å². The molecule has 2 saturated carbocycles. The van der Waals surface area contributed by atoms with Crippen molar-refractivity contribution in [3.63, 3.8) is 0 Å². The second-order valence-corrected chi connectivity index (χ2v) is 6.67. The second kappa shape index (κ2) is 5.92. The molecule has 0 radical (unpaired) electrons. The van der Waals surface area contributed by atoms with E-state index in [1.165, 1.54) is 30.3 Å². The Labute approximate surface area is 135 Å². The van der Waals surface area contributed by atoms with Crippen molar-refractivity contribution in [3.05, 3.63) is 11.4 Å². The van der Waals surface area contributed by atoms with Crippen molar-refractivity contribution in [3.8, 4) is 12.1 Å². The highest BCUT2D eigenvalue weighted by Gasteiger charge is 2.42. The van der Waals surface area contributed by atoms with Crippen LogP contribution in [0.25, 0.3) is 0 Å². The van der Waals surface area contributed by atoms with Gasteiger partial charge in [0.2, 0.25) is 11.9 Å². The van der Waals surface area contributed by atoms with E-state index in [4.69, 9.17) is 16.3 Å². The average Bonchev–Trinajstić information content (AvgIpc) is 3.22. The van der Waals surface area contributed by atoms with Crippen LogP contribution in [0.15, 0.2) is 0 Å². The zero-order valence-electron chi connectivity index (χ0n) is 13.1. The van der Waals surface area contributed by atoms with Crippen LogP contribution in [-0.4, -0.2) is 21.5 Å². The van der Waals surface area contributed by atoms with Gasteiger partial charge in [0.25, 0.3) is 0 Å². The number of nitrogens with two attached hydrogens (primary N) is 1. The molecule has 7 nitrogen and oxygen atoms in total. The van der Waals surface area contributed by atoms with Gasteiger partial charge in [0.15, 0.2) is 11.4 Å². The molecule has 7 heteroatoms. The number of fused-ring (bicyclic) bond motifs is 2. The largest absolute Gasteiger partial charge is 0.369 e. The Morgan fingerprint density at radius 2 is 2.22 bits per heavy atom. The topological polar surface area (TPSA) is 121 Å². The minimum absolute atomic E-state index is 0.0147. The lowest BCUT2D eigenvalue weighted by Crippen LogP contribution is -2.41. The van der Waals surface area contributed by atoms with Gasteiger partial charge in [-0.3, -0.25) is 9.36 Å². The molecule has 2 aliphatic carbocycles. The van der Waals surface area contributed by atoms with Crippen LogP contribution >= 0.6 is 0 Å². The zero-order chi connectivity index (χ0) is 16.6. The molecule has 2 fully saturated rings. The van der Waals surface area contributed by atoms with Gasteiger partial charge in [0.05, 0.1) is 0 Å². The van der Waals surface area contributed by atoms with Crippen LogP contribution in [0, 0.1) is 40.4 Å². The van der Waals surface area contributed by atoms with Crippen molar-refractivity contribution in [2.45, 2.75) is 45.2 Å². The summed E-state index contributed by atoms with van der Waals surface area (Å²) in [6.45, 7) is 1.96. The number of imidazole rings is 1. The Balaban J connectivity index is 1.65. The number of nitrogens with one attached hydrogen (secondary N) is 1. The summed E-state index contributed by atoms with van der Waals surface area (Å²) in [6, 6.07) is 3.82. The number of anilines is 1. The molecule has 0 aliphatic heterocycles. The fourth-order valence-corrected chi connectivity index (χ4v) is 4.28. The first-order valence-electron chi connectivity index (χ1n) is 7.99. The summed E-state index contributed by atoms with van der Waals surface area (Å²) in [5, 5.41) is 21.1. The average molecular weight is 312 g/mol. The maximum absolute atomic E-state index is 12.3. The minimum Gasteiger partial charge on any atom is -0.369 e. The summed E-state index contributed by atoms with van der Waals surface area (Å²) in [7, 11) is 0. The minimum atomic E-state index is -0.203. The molecule has 3 N–H and O–H groups in total. The van der Waals surface area contributed by atoms with Crippen molar-refractivity contribution >= 4 is 11.9 Å². The van der Waals surface area contributed by atoms with Crippen LogP contribution in [-0.2, 0) is 11.3 Å². The third-order valence-corrected chi connectivity index (χ3v) is 5.33. The third kappa shape index (κ3) is 2.75. The van der Waals surface area contributed by atoms with E-state index in [9.17, 15) is 4.79 Å². The summed E-state index contributed by atoms with van der Waals surface area (Å²) in [6.07, 6.45) is 5.09. The first kappa shape index (κ1) is 15.4. The van der Waals surface area contributed by atoms with Gasteiger partial charge in [-0.25, -0.2) is 4.98 Å². The fourth-order valence-electron chi connectivity index (χ4n) is 4.28. The summed E-state index contributed by atoms with van der Waals surface area (Å²) in [4.78, 5) is 16.1. The van der Waals surface area contributed by atoms with Crippen LogP contribution in [0.3, 0.4) is 0 Å². The van der Waals surface area contributed by atoms with E-state index in [1.54, 1.807) is 0 Å². The molecule has 0 aromatic carbocycles. The van der Waals surface area contributed by atoms with Gasteiger partial charge in [-0.1, -0.05) is 6.42 Å². The molecule has 3 rings (SSSR count). The highest BCUT2D eigenvalue weighted by molar-refractivity contribution is 5.76. The Morgan fingerprint density at radius 3 is 2.78 bits per heavy atom. The van der Waals surface area contributed by atoms with Gasteiger partial charge < -0.3 is 11.1 Å². The summed E-state index contributed by atoms with van der Waals surface area (Å²) < 4.78 is 1.29. The maximum Gasteiger partial charge on any atom is 0.240 e. The molecule has 4 atom stereocenters. The predicted octanol–water partition coefficient (Wildman–Crippen LogP) is 1.15. The first-order valence-corrected chi connectivity index (χ1v) is 7.99. The summed E-state index contributed by atoms with van der Waals surface area (Å²) in [5.74, 6) is 1.92. The summed E-state index contributed by atoms with van der Waals surface area (Å²) in [5.41, 5.74) is 5.71. The van der Waals surface area contributed by atoms with Crippen molar-refractivity contribution < 1.29 is 4.79 Å². The number of aromatic nitrogens is 2. The van der Waals surface area contributed by atoms with Crippen LogP contribution < -0.4 is 11.1 Å². The number of hydrogen-bond acceptors (Lipinski definition) is 5. The number of hydrogen-bond donors (Lipinski definition) is 2. The molecule has 0 saturated heterocycles. The lowest BCUT2D eigenvalue weighted by atomic mass is 9.84. The molecule has 0 unspecified atom stereocenters. The van der Waals surface area contributed by atoms with Crippen LogP contribution in [0.5, 0.6) is 0 Å². The molecule has 0 spiro atoms. The quantitative estimate of drug-likeness (QED) is 0.864. The molecular weight excluding hydrogens is 292 g/mol. The molecule has 1 aromatic heterocycles. The standard InChI is InChI=1S/C16H20N6O/c1-9(12-5-10-2-3-11(12)4-10)20-15(23)8-22-14(7-18)13(6-17)21-16(22)19/h9-12H,2-5,8H2,1H3,(H2,19,21)(H,20,23)/t9-,10-,11-,12-/m0/s1. The van der Waals surface area contributed by atoms with E-state index in [-0.39, 0.29) is 35.8 Å². The van der Waals surface area contributed by atoms with Crippen LogP contribution in [0.4, 0.5) is 5.95 Å². The highest BCUT2D eigenvalue weighted by atomic mass is 16.2. The molecule has 1 aromatic rings. The third-order valence-electron chi connectivity index (χ3n) is 5.33. The van der Waals surface area contributed by atoms with E-state index >= 15 is 0 Å². The van der Waals surface area contributed by atoms with E-state index in [1.807, 2.05) is 19.1 Å². The number of carbonyl (C=O) groups excluding carboxylic acids is 1. The van der Waals surface area contributed by atoms with Crippen molar-refractivity contribution in [1.29, 1.82) is 10.5 Å². The maximum atomic E-state index is 12.3. The molecule has 120 valence electrons. The molecule has 1 heterocycles. The van der Waals surface area contributed by atoms with Crippen LogP contribution in [0.2, 0.25) is 0 Å². The van der Waals surface area contributed by atoms with E-state index in [2.05, 4.69) is 10.3 Å². The van der Waals surface area contributed by atoms with Gasteiger partial charge in [-0.15, -0.1) is 0 Å². The van der Waals surface area contributed by atoms with Crippen molar-refractivity contribution in [2.24, 2.45) is 17.8 Å². The fraction of sp³-hybridized carbons (Fsp3) is 0.625. The Morgan fingerprint density at radius 1 is 1.43 bits per heavy atom. The number of rotatable bonds is 4. The van der Waals surface area contributed by atoms with Gasteiger partial charge in [0, 0.05) is 6.04 Å². The smallest absolute Gasteiger partial charge is 0.240 e. The molecule has 2 bridgehead atoms. The van der Waals surface area contributed by atoms with E-state index in [0.29, 0.717) is 5.92 Å². The number of nitrogens with zero attached hydrogens (tertiary/aromatic N) is 4. The molecule has 23 heavy (non-hydrogen) atoms. The SMILES string of the molecule is C[C@H](NC(=O)Cn1c(N)nc(C#N)c1C#N)[C@@H]1C[C@H]2CC[C@H]1C2. The van der Waals surface area contributed by atoms with Gasteiger partial charge in [-0.05, 0) is 43.9 Å². The number of nitrogen functional groups attached to an aromatic ring is 1. The molecule has 1 amide bonds. The molecule has 2 aliphatic rings. The number of carbonyl (C=O) groups is 1. The van der Waals surface area contributed by atoms with E-state index in [0.717, 1.165) is 11.8 Å². The van der Waals surface area contributed by atoms with E-state index < -0.39 is 0 Å². The number of nitriles is 2. The predicted molar refractivity (Wildman–Crippen MR) is 82.6 cm³/mol. The second-order valence-electron chi connectivity index (χ2n) is 6.67. The first-order chi connectivity index (χ1) is 11.0. The highest BCUT2D eigenvalue weighted by Crippen LogP contribution is 2.49. The normalized spacial score (nSPS) is 26.5. The molecular formula is C16H20N6O. The van der Waals surface area contributed by atoms with Gasteiger partial charge >= 0.3 is 0 Å². The number of amides is 1. The zero-order valence-corrected chi connectivity index (χ0v) is 13.1. The lowest BCUT2D eigenvalue weighted by Gasteiger charge is -2.28. The lowest BCUT2D eigenvalue weighted by molar-refractivity contribution is -0.122. The Kier molecular flexibility index (Phi) is 3.96. The Hall–Kier alpha value is -2.54. The Bertz CT molecular complexity index is 709. The van der Waals surface area contributed by atoms with Crippen molar-refractivity contribution in [1.82, 2.24) is 14.9 Å². The monoisotopic (exact) mass is 312 g/mol. The van der Waals surface area contributed by atoms with Gasteiger partial charge in [-0.2, -0.15) is 10.5 Å². The van der Waals surface area contributed by atoms with Gasteiger partial charge in [0.1, 0.15) is 18.7 Å². The van der Waals surface area contributed by atoms with Crippen molar-refractivity contribution in [2.75, 3.05) is 5.73 Å².